The molecule has 0 atom stereocenters. The number of nitrogens with zero attached hydrogens (tertiary/aromatic N) is 2. The Morgan fingerprint density at radius 2 is 1.85 bits per heavy atom. The van der Waals surface area contributed by atoms with E-state index < -0.39 is 0 Å². The normalized spacial score (nSPS) is 13.5. The van der Waals surface area contributed by atoms with Gasteiger partial charge in [-0.15, -0.1) is 0 Å². The number of methoxy groups -OCH3 is 1. The second kappa shape index (κ2) is 6.63. The molecule has 0 bridgehead atoms. The molecule has 132 valence electrons. The van der Waals surface area contributed by atoms with Crippen LogP contribution in [0.25, 0.3) is 16.9 Å². The van der Waals surface area contributed by atoms with Crippen molar-refractivity contribution in [3.8, 4) is 22.7 Å². The van der Waals surface area contributed by atoms with E-state index in [0.717, 1.165) is 24.2 Å². The average Bonchev–Trinajstić information content (AvgIpc) is 3.36. The Hall–Kier alpha value is -3.15. The molecule has 26 heavy (non-hydrogen) atoms. The number of hydrogen-bond donors (Lipinski definition) is 1. The fraction of sp³-hybridized carbons (Fsp3) is 0.200. The Bertz CT molecular complexity index is 929. The average molecular weight is 351 g/mol. The molecule has 3 aromatic rings. The van der Waals surface area contributed by atoms with Crippen LogP contribution in [0.1, 0.15) is 23.3 Å². The molecule has 1 heterocycles. The molecule has 0 radical (unpaired) electrons. The number of nitrogens with one attached hydrogen (secondary N) is 1. The maximum absolute atomic E-state index is 13.3. The lowest BCUT2D eigenvalue weighted by molar-refractivity contribution is 0.0943. The molecule has 1 saturated carbocycles. The van der Waals surface area contributed by atoms with Crippen LogP contribution in [0.15, 0.2) is 54.6 Å². The van der Waals surface area contributed by atoms with Crippen LogP contribution in [0.3, 0.4) is 0 Å². The number of benzene rings is 2. The van der Waals surface area contributed by atoms with E-state index in [0.29, 0.717) is 17.1 Å². The molecular formula is C20H18FN3O2. The van der Waals surface area contributed by atoms with E-state index in [1.54, 1.807) is 30.0 Å². The highest BCUT2D eigenvalue weighted by atomic mass is 19.1. The third kappa shape index (κ3) is 3.31. The smallest absolute Gasteiger partial charge is 0.270 e. The van der Waals surface area contributed by atoms with E-state index in [2.05, 4.69) is 10.4 Å². The number of halogens is 1. The minimum absolute atomic E-state index is 0.177. The first-order valence-corrected chi connectivity index (χ1v) is 8.45. The zero-order valence-electron chi connectivity index (χ0n) is 14.3. The van der Waals surface area contributed by atoms with E-state index >= 15 is 0 Å². The summed E-state index contributed by atoms with van der Waals surface area (Å²) in [7, 11) is 1.61. The van der Waals surface area contributed by atoms with Gasteiger partial charge in [-0.1, -0.05) is 0 Å². The van der Waals surface area contributed by atoms with Crippen LogP contribution in [0.2, 0.25) is 0 Å². The maximum atomic E-state index is 13.3. The van der Waals surface area contributed by atoms with Gasteiger partial charge in [-0.05, 0) is 67.4 Å². The second-order valence-electron chi connectivity index (χ2n) is 6.28. The molecule has 0 spiro atoms. The van der Waals surface area contributed by atoms with Crippen molar-refractivity contribution in [2.24, 2.45) is 0 Å². The fourth-order valence-corrected chi connectivity index (χ4v) is 2.71. The molecule has 5 nitrogen and oxygen atoms in total. The van der Waals surface area contributed by atoms with Gasteiger partial charge in [0, 0.05) is 11.6 Å². The molecule has 1 aliphatic carbocycles. The first kappa shape index (κ1) is 16.3. The zero-order valence-corrected chi connectivity index (χ0v) is 14.3. The molecule has 1 fully saturated rings. The molecule has 4 rings (SSSR count). The SMILES string of the molecule is COc1ccc(-c2cc(C(=O)NC3CC3)n(-c3ccc(F)cc3)n2)cc1. The monoisotopic (exact) mass is 351 g/mol. The highest BCUT2D eigenvalue weighted by Crippen LogP contribution is 2.25. The topological polar surface area (TPSA) is 56.1 Å². The molecule has 1 amide bonds. The highest BCUT2D eigenvalue weighted by molar-refractivity contribution is 5.94. The van der Waals surface area contributed by atoms with Crippen LogP contribution in [0, 0.1) is 5.82 Å². The summed E-state index contributed by atoms with van der Waals surface area (Å²) in [6, 6.07) is 15.4. The number of carbonyl (C=O) groups excluding carboxylic acids is 1. The summed E-state index contributed by atoms with van der Waals surface area (Å²) in [6.07, 6.45) is 2.00. The largest absolute Gasteiger partial charge is 0.497 e. The number of carbonyl (C=O) groups is 1. The predicted molar refractivity (Wildman–Crippen MR) is 96.0 cm³/mol. The summed E-state index contributed by atoms with van der Waals surface area (Å²) < 4.78 is 20.0. The van der Waals surface area contributed by atoms with Gasteiger partial charge in [0.25, 0.3) is 5.91 Å². The van der Waals surface area contributed by atoms with Crippen molar-refractivity contribution in [2.45, 2.75) is 18.9 Å². The molecule has 0 unspecified atom stereocenters. The molecule has 6 heteroatoms. The first-order valence-electron chi connectivity index (χ1n) is 8.45. The summed E-state index contributed by atoms with van der Waals surface area (Å²) in [5, 5.41) is 7.56. The van der Waals surface area contributed by atoms with Gasteiger partial charge in [-0.25, -0.2) is 9.07 Å². The van der Waals surface area contributed by atoms with Gasteiger partial charge >= 0.3 is 0 Å². The fourth-order valence-electron chi connectivity index (χ4n) is 2.71. The van der Waals surface area contributed by atoms with Crippen LogP contribution in [0.5, 0.6) is 5.75 Å². The van der Waals surface area contributed by atoms with Crippen molar-refractivity contribution in [3.05, 3.63) is 66.1 Å². The molecule has 0 saturated heterocycles. The third-order valence-electron chi connectivity index (χ3n) is 4.31. The van der Waals surface area contributed by atoms with E-state index in [9.17, 15) is 9.18 Å². The van der Waals surface area contributed by atoms with Crippen LogP contribution >= 0.6 is 0 Å². The van der Waals surface area contributed by atoms with Gasteiger partial charge in [0.05, 0.1) is 18.5 Å². The van der Waals surface area contributed by atoms with Gasteiger partial charge in [-0.3, -0.25) is 4.79 Å². The Kier molecular flexibility index (Phi) is 4.16. The second-order valence-corrected chi connectivity index (χ2v) is 6.28. The molecule has 1 N–H and O–H groups in total. The molecular weight excluding hydrogens is 333 g/mol. The molecule has 1 aromatic heterocycles. The minimum Gasteiger partial charge on any atom is -0.497 e. The summed E-state index contributed by atoms with van der Waals surface area (Å²) in [4.78, 5) is 12.6. The van der Waals surface area contributed by atoms with Crippen molar-refractivity contribution in [1.29, 1.82) is 0 Å². The Morgan fingerprint density at radius 1 is 1.15 bits per heavy atom. The number of hydrogen-bond acceptors (Lipinski definition) is 3. The van der Waals surface area contributed by atoms with Gasteiger partial charge in [-0.2, -0.15) is 5.10 Å². The van der Waals surface area contributed by atoms with Crippen molar-refractivity contribution in [3.63, 3.8) is 0 Å². The summed E-state index contributed by atoms with van der Waals surface area (Å²) in [6.45, 7) is 0. The van der Waals surface area contributed by atoms with Crippen molar-refractivity contribution >= 4 is 5.91 Å². The van der Waals surface area contributed by atoms with Crippen LogP contribution in [-0.4, -0.2) is 28.8 Å². The van der Waals surface area contributed by atoms with Crippen LogP contribution in [-0.2, 0) is 0 Å². The van der Waals surface area contributed by atoms with Gasteiger partial charge < -0.3 is 10.1 Å². The minimum atomic E-state index is -0.333. The van der Waals surface area contributed by atoms with E-state index in [1.165, 1.54) is 12.1 Å². The van der Waals surface area contributed by atoms with Crippen molar-refractivity contribution < 1.29 is 13.9 Å². The summed E-state index contributed by atoms with van der Waals surface area (Å²) in [5.41, 5.74) is 2.59. The van der Waals surface area contributed by atoms with Crippen molar-refractivity contribution in [1.82, 2.24) is 15.1 Å². The lowest BCUT2D eigenvalue weighted by Gasteiger charge is -2.07. The van der Waals surface area contributed by atoms with Crippen LogP contribution in [0.4, 0.5) is 4.39 Å². The summed E-state index contributed by atoms with van der Waals surface area (Å²) >= 11 is 0. The zero-order chi connectivity index (χ0) is 18.1. The maximum Gasteiger partial charge on any atom is 0.270 e. The highest BCUT2D eigenvalue weighted by Gasteiger charge is 2.26. The Morgan fingerprint density at radius 3 is 2.46 bits per heavy atom. The standard InChI is InChI=1S/C20H18FN3O2/c1-26-17-10-2-13(3-11-17)18-12-19(20(25)22-15-6-7-15)24(23-18)16-8-4-14(21)5-9-16/h2-5,8-12,15H,6-7H2,1H3,(H,22,25). The number of rotatable bonds is 5. The Balaban J connectivity index is 1.75. The van der Waals surface area contributed by atoms with Gasteiger partial charge in [0.2, 0.25) is 0 Å². The van der Waals surface area contributed by atoms with Crippen LogP contribution < -0.4 is 10.1 Å². The lowest BCUT2D eigenvalue weighted by Crippen LogP contribution is -2.27. The molecule has 0 aliphatic heterocycles. The third-order valence-corrected chi connectivity index (χ3v) is 4.31. The predicted octanol–water partition coefficient (Wildman–Crippen LogP) is 3.58. The van der Waals surface area contributed by atoms with E-state index in [1.807, 2.05) is 24.3 Å². The molecule has 1 aliphatic rings. The number of amides is 1. The van der Waals surface area contributed by atoms with Crippen molar-refractivity contribution in [2.75, 3.05) is 7.11 Å². The quantitative estimate of drug-likeness (QED) is 0.764. The number of aromatic nitrogens is 2. The first-order chi connectivity index (χ1) is 12.6. The lowest BCUT2D eigenvalue weighted by atomic mass is 10.1. The molecule has 2 aromatic carbocycles. The van der Waals surface area contributed by atoms with Gasteiger partial charge in [0.1, 0.15) is 17.3 Å². The van der Waals surface area contributed by atoms with E-state index in [-0.39, 0.29) is 17.8 Å². The van der Waals surface area contributed by atoms with Gasteiger partial charge in [0.15, 0.2) is 0 Å². The summed E-state index contributed by atoms with van der Waals surface area (Å²) in [5.74, 6) is 0.239. The van der Waals surface area contributed by atoms with E-state index in [4.69, 9.17) is 4.74 Å². The number of ether oxygens (including phenoxy) is 1. The Labute approximate surface area is 150 Å².